The van der Waals surface area contributed by atoms with Crippen molar-refractivity contribution in [1.82, 2.24) is 15.1 Å². The average molecular weight is 313 g/mol. The van der Waals surface area contributed by atoms with Crippen LogP contribution >= 0.6 is 0 Å². The summed E-state index contributed by atoms with van der Waals surface area (Å²) in [7, 11) is 0. The molecule has 2 aliphatic heterocycles. The molecule has 2 heterocycles. The van der Waals surface area contributed by atoms with Crippen LogP contribution in [-0.4, -0.2) is 85.4 Å². The van der Waals surface area contributed by atoms with Gasteiger partial charge in [-0.15, -0.1) is 0 Å². The van der Waals surface area contributed by atoms with Crippen LogP contribution < -0.4 is 5.32 Å². The number of amides is 1. The number of carbonyl (C=O) groups is 1. The highest BCUT2D eigenvalue weighted by atomic mass is 16.5. The van der Waals surface area contributed by atoms with Crippen molar-refractivity contribution in [2.45, 2.75) is 38.9 Å². The molecule has 128 valence electrons. The van der Waals surface area contributed by atoms with Crippen LogP contribution in [0.2, 0.25) is 0 Å². The molecule has 1 amide bonds. The molecule has 1 unspecified atom stereocenters. The molecule has 6 heteroatoms. The first kappa shape index (κ1) is 17.7. The summed E-state index contributed by atoms with van der Waals surface area (Å²) in [5, 5.41) is 12.5. The van der Waals surface area contributed by atoms with E-state index in [2.05, 4.69) is 29.0 Å². The number of likely N-dealkylation sites (tertiary alicyclic amines) is 1. The molecule has 0 aliphatic carbocycles. The Kier molecular flexibility index (Phi) is 7.08. The fourth-order valence-electron chi connectivity index (χ4n) is 3.15. The zero-order valence-corrected chi connectivity index (χ0v) is 14.0. The number of rotatable bonds is 6. The summed E-state index contributed by atoms with van der Waals surface area (Å²) in [6.07, 6.45) is 1.44. The lowest BCUT2D eigenvalue weighted by atomic mass is 10.1. The maximum atomic E-state index is 12.0. The molecule has 2 saturated heterocycles. The molecule has 0 radical (unpaired) electrons. The fourth-order valence-corrected chi connectivity index (χ4v) is 3.15. The van der Waals surface area contributed by atoms with Crippen molar-refractivity contribution in [2.24, 2.45) is 5.92 Å². The standard InChI is InChI=1S/C16H31N3O3/c1-13(2)10-19-7-8-22-15(11-19)9-17-16(21)12-18-5-3-14(20)4-6-18/h13-15,20H,3-12H2,1-2H3,(H,17,21). The van der Waals surface area contributed by atoms with E-state index in [-0.39, 0.29) is 18.1 Å². The summed E-state index contributed by atoms with van der Waals surface area (Å²) in [6.45, 7) is 10.8. The summed E-state index contributed by atoms with van der Waals surface area (Å²) in [5.41, 5.74) is 0. The summed E-state index contributed by atoms with van der Waals surface area (Å²) >= 11 is 0. The summed E-state index contributed by atoms with van der Waals surface area (Å²) in [4.78, 5) is 16.5. The number of nitrogens with one attached hydrogen (secondary N) is 1. The second kappa shape index (κ2) is 8.82. The number of piperidine rings is 1. The molecule has 0 bridgehead atoms. The van der Waals surface area contributed by atoms with Gasteiger partial charge in [0.15, 0.2) is 0 Å². The average Bonchev–Trinajstić information content (AvgIpc) is 2.47. The van der Waals surface area contributed by atoms with E-state index >= 15 is 0 Å². The van der Waals surface area contributed by atoms with E-state index in [4.69, 9.17) is 4.74 Å². The quantitative estimate of drug-likeness (QED) is 0.718. The van der Waals surface area contributed by atoms with Gasteiger partial charge in [-0.25, -0.2) is 0 Å². The van der Waals surface area contributed by atoms with Gasteiger partial charge in [0.25, 0.3) is 0 Å². The predicted molar refractivity (Wildman–Crippen MR) is 85.7 cm³/mol. The Morgan fingerprint density at radius 3 is 2.68 bits per heavy atom. The zero-order valence-electron chi connectivity index (χ0n) is 14.0. The van der Waals surface area contributed by atoms with Crippen molar-refractivity contribution in [3.05, 3.63) is 0 Å². The third kappa shape index (κ3) is 6.20. The van der Waals surface area contributed by atoms with E-state index in [0.29, 0.717) is 19.0 Å². The molecule has 22 heavy (non-hydrogen) atoms. The molecule has 2 aliphatic rings. The summed E-state index contributed by atoms with van der Waals surface area (Å²) in [6, 6.07) is 0. The molecular formula is C16H31N3O3. The van der Waals surface area contributed by atoms with E-state index < -0.39 is 0 Å². The van der Waals surface area contributed by atoms with E-state index in [1.807, 2.05) is 0 Å². The van der Waals surface area contributed by atoms with Gasteiger partial charge in [0.05, 0.1) is 25.4 Å². The first-order valence-corrected chi connectivity index (χ1v) is 8.54. The molecule has 0 spiro atoms. The van der Waals surface area contributed by atoms with Gasteiger partial charge in [-0.2, -0.15) is 0 Å². The van der Waals surface area contributed by atoms with Crippen LogP contribution in [0, 0.1) is 5.92 Å². The molecule has 2 rings (SSSR count). The summed E-state index contributed by atoms with van der Waals surface area (Å²) in [5.74, 6) is 0.712. The molecule has 1 atom stereocenters. The van der Waals surface area contributed by atoms with Gasteiger partial charge in [-0.3, -0.25) is 14.6 Å². The number of aliphatic hydroxyl groups excluding tert-OH is 1. The molecule has 0 aromatic heterocycles. The van der Waals surface area contributed by atoms with Gasteiger partial charge in [0, 0.05) is 39.3 Å². The number of hydrogen-bond acceptors (Lipinski definition) is 5. The SMILES string of the molecule is CC(C)CN1CCOC(CNC(=O)CN2CCC(O)CC2)C1. The lowest BCUT2D eigenvalue weighted by Gasteiger charge is -2.34. The molecule has 2 fully saturated rings. The molecule has 6 nitrogen and oxygen atoms in total. The lowest BCUT2D eigenvalue weighted by molar-refractivity contribution is -0.124. The molecular weight excluding hydrogens is 282 g/mol. The Balaban J connectivity index is 1.63. The third-order valence-corrected chi connectivity index (χ3v) is 4.30. The Bertz CT molecular complexity index is 344. The number of hydrogen-bond donors (Lipinski definition) is 2. The second-order valence-corrected chi connectivity index (χ2v) is 6.96. The highest BCUT2D eigenvalue weighted by Crippen LogP contribution is 2.09. The Morgan fingerprint density at radius 2 is 2.00 bits per heavy atom. The van der Waals surface area contributed by atoms with Crippen LogP contribution in [0.1, 0.15) is 26.7 Å². The number of ether oxygens (including phenoxy) is 1. The zero-order chi connectivity index (χ0) is 15.9. The van der Waals surface area contributed by atoms with Gasteiger partial charge in [0.1, 0.15) is 0 Å². The van der Waals surface area contributed by atoms with Crippen molar-refractivity contribution in [3.63, 3.8) is 0 Å². The number of carbonyl (C=O) groups excluding carboxylic acids is 1. The van der Waals surface area contributed by atoms with E-state index in [1.54, 1.807) is 0 Å². The smallest absolute Gasteiger partial charge is 0.234 e. The number of aliphatic hydroxyl groups is 1. The number of morpholine rings is 1. The monoisotopic (exact) mass is 313 g/mol. The topological polar surface area (TPSA) is 65.0 Å². The van der Waals surface area contributed by atoms with E-state index in [0.717, 1.165) is 52.2 Å². The second-order valence-electron chi connectivity index (χ2n) is 6.96. The Hall–Kier alpha value is -0.690. The molecule has 0 aromatic carbocycles. The van der Waals surface area contributed by atoms with Gasteiger partial charge < -0.3 is 15.2 Å². The fraction of sp³-hybridized carbons (Fsp3) is 0.938. The van der Waals surface area contributed by atoms with E-state index in [9.17, 15) is 9.90 Å². The van der Waals surface area contributed by atoms with Crippen molar-refractivity contribution in [1.29, 1.82) is 0 Å². The van der Waals surface area contributed by atoms with Crippen molar-refractivity contribution < 1.29 is 14.6 Å². The molecule has 0 saturated carbocycles. The van der Waals surface area contributed by atoms with Crippen LogP contribution in [0.15, 0.2) is 0 Å². The number of nitrogens with zero attached hydrogens (tertiary/aromatic N) is 2. The first-order chi connectivity index (χ1) is 10.5. The van der Waals surface area contributed by atoms with E-state index in [1.165, 1.54) is 0 Å². The van der Waals surface area contributed by atoms with Gasteiger partial charge in [-0.05, 0) is 18.8 Å². The molecule has 2 N–H and O–H groups in total. The minimum absolute atomic E-state index is 0.0565. The van der Waals surface area contributed by atoms with Crippen LogP contribution in [0.4, 0.5) is 0 Å². The highest BCUT2D eigenvalue weighted by molar-refractivity contribution is 5.78. The van der Waals surface area contributed by atoms with Crippen molar-refractivity contribution in [3.8, 4) is 0 Å². The largest absolute Gasteiger partial charge is 0.393 e. The highest BCUT2D eigenvalue weighted by Gasteiger charge is 2.22. The minimum atomic E-state index is -0.193. The van der Waals surface area contributed by atoms with Gasteiger partial charge in [-0.1, -0.05) is 13.8 Å². The lowest BCUT2D eigenvalue weighted by Crippen LogP contribution is -2.50. The maximum Gasteiger partial charge on any atom is 0.234 e. The van der Waals surface area contributed by atoms with Crippen LogP contribution in [0.5, 0.6) is 0 Å². The van der Waals surface area contributed by atoms with Gasteiger partial charge >= 0.3 is 0 Å². The van der Waals surface area contributed by atoms with Crippen molar-refractivity contribution >= 4 is 5.91 Å². The Labute approximate surface area is 133 Å². The van der Waals surface area contributed by atoms with Crippen LogP contribution in [-0.2, 0) is 9.53 Å². The summed E-state index contributed by atoms with van der Waals surface area (Å²) < 4.78 is 5.74. The van der Waals surface area contributed by atoms with Crippen LogP contribution in [0.3, 0.4) is 0 Å². The molecule has 0 aromatic rings. The van der Waals surface area contributed by atoms with Crippen LogP contribution in [0.25, 0.3) is 0 Å². The Morgan fingerprint density at radius 1 is 1.27 bits per heavy atom. The van der Waals surface area contributed by atoms with Crippen molar-refractivity contribution in [2.75, 3.05) is 52.4 Å². The minimum Gasteiger partial charge on any atom is -0.393 e. The predicted octanol–water partition coefficient (Wildman–Crippen LogP) is -0.0839. The maximum absolute atomic E-state index is 12.0. The van der Waals surface area contributed by atoms with Gasteiger partial charge in [0.2, 0.25) is 5.91 Å². The normalized spacial score (nSPS) is 25.5. The third-order valence-electron chi connectivity index (χ3n) is 4.30. The first-order valence-electron chi connectivity index (χ1n) is 8.54.